The number of hydrogen-bond acceptors (Lipinski definition) is 6. The Bertz CT molecular complexity index is 504. The molecule has 0 fully saturated rings. The van der Waals surface area contributed by atoms with E-state index < -0.39 is 20.2 Å². The van der Waals surface area contributed by atoms with Gasteiger partial charge in [0.1, 0.15) is 0 Å². The van der Waals surface area contributed by atoms with Crippen LogP contribution >= 0.6 is 0 Å². The van der Waals surface area contributed by atoms with Crippen molar-refractivity contribution in [2.45, 2.75) is 27.7 Å². The van der Waals surface area contributed by atoms with Crippen molar-refractivity contribution in [1.82, 2.24) is 0 Å². The summed E-state index contributed by atoms with van der Waals surface area (Å²) in [4.78, 5) is 0. The Kier molecular flexibility index (Phi) is 9.82. The third-order valence-electron chi connectivity index (χ3n) is 2.15. The summed E-state index contributed by atoms with van der Waals surface area (Å²) in [5, 5.41) is 0. The van der Waals surface area contributed by atoms with Crippen LogP contribution in [0.2, 0.25) is 0 Å². The van der Waals surface area contributed by atoms with Crippen LogP contribution in [0.3, 0.4) is 0 Å². The first-order valence-electron chi connectivity index (χ1n) is 7.10. The minimum atomic E-state index is -3.49. The lowest BCUT2D eigenvalue weighted by molar-refractivity contribution is 0.351. The SMILES string of the molecule is CC(C)CS(=O)(=O)OCC=CC=CCOS(=O)(=O)CC(C)C. The number of rotatable bonds is 11. The van der Waals surface area contributed by atoms with E-state index in [1.807, 2.05) is 0 Å². The number of hydrogen-bond donors (Lipinski definition) is 0. The van der Waals surface area contributed by atoms with Crippen molar-refractivity contribution in [3.63, 3.8) is 0 Å². The summed E-state index contributed by atoms with van der Waals surface area (Å²) in [7, 11) is -6.98. The molecule has 0 aliphatic rings. The van der Waals surface area contributed by atoms with E-state index in [1.165, 1.54) is 12.2 Å². The Morgan fingerprint density at radius 1 is 0.727 bits per heavy atom. The maximum absolute atomic E-state index is 11.4. The molecule has 0 aromatic rings. The molecule has 8 heteroatoms. The van der Waals surface area contributed by atoms with Gasteiger partial charge in [-0.15, -0.1) is 0 Å². The highest BCUT2D eigenvalue weighted by Crippen LogP contribution is 2.03. The summed E-state index contributed by atoms with van der Waals surface area (Å²) in [5.74, 6) is -0.00571. The van der Waals surface area contributed by atoms with Crippen LogP contribution < -0.4 is 0 Å². The molecule has 0 saturated carbocycles. The van der Waals surface area contributed by atoms with Gasteiger partial charge in [-0.05, 0) is 11.8 Å². The highest BCUT2D eigenvalue weighted by atomic mass is 32.2. The molecule has 0 aromatic carbocycles. The normalized spacial score (nSPS) is 13.9. The second kappa shape index (κ2) is 10.1. The summed E-state index contributed by atoms with van der Waals surface area (Å²) in [5.41, 5.74) is 0. The molecule has 0 rings (SSSR count). The van der Waals surface area contributed by atoms with Crippen molar-refractivity contribution in [3.05, 3.63) is 24.3 Å². The van der Waals surface area contributed by atoms with Gasteiger partial charge in [-0.1, -0.05) is 52.0 Å². The van der Waals surface area contributed by atoms with E-state index in [-0.39, 0.29) is 36.6 Å². The molecule has 130 valence electrons. The maximum Gasteiger partial charge on any atom is 0.267 e. The first-order valence-corrected chi connectivity index (χ1v) is 10.3. The van der Waals surface area contributed by atoms with Crippen LogP contribution in [0.15, 0.2) is 24.3 Å². The van der Waals surface area contributed by atoms with Crippen molar-refractivity contribution in [2.24, 2.45) is 11.8 Å². The Morgan fingerprint density at radius 3 is 1.32 bits per heavy atom. The lowest BCUT2D eigenvalue weighted by atomic mass is 10.3. The van der Waals surface area contributed by atoms with Crippen LogP contribution in [-0.4, -0.2) is 41.6 Å². The van der Waals surface area contributed by atoms with Crippen molar-refractivity contribution in [1.29, 1.82) is 0 Å². The third kappa shape index (κ3) is 13.0. The van der Waals surface area contributed by atoms with E-state index in [2.05, 4.69) is 0 Å². The van der Waals surface area contributed by atoms with Crippen LogP contribution in [-0.2, 0) is 28.6 Å². The van der Waals surface area contributed by atoms with E-state index >= 15 is 0 Å². The molecule has 22 heavy (non-hydrogen) atoms. The fourth-order valence-electron chi connectivity index (χ4n) is 1.47. The zero-order valence-corrected chi connectivity index (χ0v) is 15.2. The Balaban J connectivity index is 4.00. The van der Waals surface area contributed by atoms with E-state index in [9.17, 15) is 16.8 Å². The fraction of sp³-hybridized carbons (Fsp3) is 0.714. The van der Waals surface area contributed by atoms with Crippen molar-refractivity contribution in [3.8, 4) is 0 Å². The fourth-order valence-corrected chi connectivity index (χ4v) is 3.86. The predicted octanol–water partition coefficient (Wildman–Crippen LogP) is 2.10. The number of allylic oxidation sites excluding steroid dienone is 2. The van der Waals surface area contributed by atoms with Gasteiger partial charge in [-0.25, -0.2) is 0 Å². The van der Waals surface area contributed by atoms with Crippen molar-refractivity contribution in [2.75, 3.05) is 24.7 Å². The molecule has 0 saturated heterocycles. The lowest BCUT2D eigenvalue weighted by Gasteiger charge is -2.05. The molecule has 0 N–H and O–H groups in total. The van der Waals surface area contributed by atoms with Gasteiger partial charge in [0.2, 0.25) is 0 Å². The van der Waals surface area contributed by atoms with E-state index in [0.29, 0.717) is 0 Å². The molecule has 0 aromatic heterocycles. The molecule has 0 heterocycles. The van der Waals surface area contributed by atoms with E-state index in [4.69, 9.17) is 8.37 Å². The highest BCUT2D eigenvalue weighted by molar-refractivity contribution is 7.86. The Morgan fingerprint density at radius 2 is 1.05 bits per heavy atom. The molecule has 0 spiro atoms. The summed E-state index contributed by atoms with van der Waals surface area (Å²) in [6.45, 7) is 7.09. The minimum absolute atomic E-state index is 0.0128. The van der Waals surface area contributed by atoms with Crippen LogP contribution in [0.4, 0.5) is 0 Å². The first-order chi connectivity index (χ1) is 10.0. The zero-order valence-electron chi connectivity index (χ0n) is 13.6. The summed E-state index contributed by atoms with van der Waals surface area (Å²) < 4.78 is 55.2. The molecule has 0 radical (unpaired) electrons. The average Bonchev–Trinajstić information content (AvgIpc) is 2.28. The average molecular weight is 354 g/mol. The van der Waals surface area contributed by atoms with Crippen LogP contribution in [0.25, 0.3) is 0 Å². The molecule has 0 atom stereocenters. The quantitative estimate of drug-likeness (QED) is 0.417. The third-order valence-corrected chi connectivity index (χ3v) is 5.29. The van der Waals surface area contributed by atoms with Gasteiger partial charge < -0.3 is 0 Å². The van der Waals surface area contributed by atoms with Gasteiger partial charge in [0.05, 0.1) is 24.7 Å². The van der Waals surface area contributed by atoms with Gasteiger partial charge in [-0.3, -0.25) is 8.37 Å². The van der Waals surface area contributed by atoms with Gasteiger partial charge in [0.15, 0.2) is 0 Å². The van der Waals surface area contributed by atoms with Gasteiger partial charge >= 0.3 is 0 Å². The van der Waals surface area contributed by atoms with Gasteiger partial charge in [0.25, 0.3) is 20.2 Å². The predicted molar refractivity (Wildman–Crippen MR) is 87.4 cm³/mol. The summed E-state index contributed by atoms with van der Waals surface area (Å²) in [6.07, 6.45) is 6.20. The van der Waals surface area contributed by atoms with Crippen LogP contribution in [0, 0.1) is 11.8 Å². The van der Waals surface area contributed by atoms with Crippen molar-refractivity contribution < 1.29 is 25.2 Å². The molecule has 0 amide bonds. The zero-order chi connectivity index (χ0) is 17.2. The standard InChI is InChI=1S/C14H26O6S2/c1-13(2)11-21(15,16)19-9-7-5-6-8-10-20-22(17,18)12-14(3)4/h5-8,13-14H,9-12H2,1-4H3. The topological polar surface area (TPSA) is 86.7 Å². The molecular formula is C14H26O6S2. The van der Waals surface area contributed by atoms with Crippen LogP contribution in [0.1, 0.15) is 27.7 Å². The smallest absolute Gasteiger partial charge is 0.266 e. The molecule has 0 bridgehead atoms. The van der Waals surface area contributed by atoms with Gasteiger partial charge in [-0.2, -0.15) is 16.8 Å². The highest BCUT2D eigenvalue weighted by Gasteiger charge is 2.13. The Hall–Kier alpha value is -0.700. The monoisotopic (exact) mass is 354 g/mol. The summed E-state index contributed by atoms with van der Waals surface area (Å²) in [6, 6.07) is 0. The Labute approximate surface area is 134 Å². The first kappa shape index (κ1) is 21.3. The van der Waals surface area contributed by atoms with E-state index in [1.54, 1.807) is 39.8 Å². The second-order valence-corrected chi connectivity index (χ2v) is 9.03. The molecule has 0 aliphatic heterocycles. The molecule has 0 unspecified atom stereocenters. The molecular weight excluding hydrogens is 328 g/mol. The lowest BCUT2D eigenvalue weighted by Crippen LogP contribution is -2.14. The minimum Gasteiger partial charge on any atom is -0.266 e. The maximum atomic E-state index is 11.4. The largest absolute Gasteiger partial charge is 0.267 e. The second-order valence-electron chi connectivity index (χ2n) is 5.66. The molecule has 0 aliphatic carbocycles. The van der Waals surface area contributed by atoms with Crippen molar-refractivity contribution >= 4 is 20.2 Å². The van der Waals surface area contributed by atoms with Gasteiger partial charge in [0, 0.05) is 0 Å². The van der Waals surface area contributed by atoms with E-state index in [0.717, 1.165) is 0 Å². The summed E-state index contributed by atoms with van der Waals surface area (Å²) >= 11 is 0. The van der Waals surface area contributed by atoms with Crippen LogP contribution in [0.5, 0.6) is 0 Å². The molecule has 6 nitrogen and oxygen atoms in total.